The Labute approximate surface area is 141 Å². The minimum absolute atomic E-state index is 0.0338. The molecule has 4 nitrogen and oxygen atoms in total. The standard InChI is InChI=1S/C18H23NO3S/c1-6-14-12(3)23-10-15(14)18(20)19-11(2)13-7-8-16(21-4)17(9-13)22-5/h7-11H,6H2,1-5H3,(H,19,20)/t11-/m0/s1. The molecule has 0 fully saturated rings. The first-order chi connectivity index (χ1) is 11.0. The molecule has 2 rings (SSSR count). The summed E-state index contributed by atoms with van der Waals surface area (Å²) in [5.41, 5.74) is 2.88. The van der Waals surface area contributed by atoms with Gasteiger partial charge < -0.3 is 14.8 Å². The van der Waals surface area contributed by atoms with Gasteiger partial charge in [0.05, 0.1) is 25.8 Å². The molecular weight excluding hydrogens is 310 g/mol. The van der Waals surface area contributed by atoms with E-state index in [-0.39, 0.29) is 11.9 Å². The molecule has 1 heterocycles. The maximum Gasteiger partial charge on any atom is 0.252 e. The molecule has 1 atom stereocenters. The van der Waals surface area contributed by atoms with Crippen LogP contribution in [0.4, 0.5) is 0 Å². The van der Waals surface area contributed by atoms with Crippen LogP contribution in [0.25, 0.3) is 0 Å². The highest BCUT2D eigenvalue weighted by Crippen LogP contribution is 2.30. The summed E-state index contributed by atoms with van der Waals surface area (Å²) in [6.07, 6.45) is 0.864. The number of benzene rings is 1. The molecule has 2 aromatic rings. The van der Waals surface area contributed by atoms with Crippen LogP contribution in [0.5, 0.6) is 11.5 Å². The second-order valence-corrected chi connectivity index (χ2v) is 6.43. The first-order valence-corrected chi connectivity index (χ1v) is 8.49. The third-order valence-corrected chi connectivity index (χ3v) is 4.91. The summed E-state index contributed by atoms with van der Waals surface area (Å²) < 4.78 is 10.6. The van der Waals surface area contributed by atoms with E-state index >= 15 is 0 Å². The summed E-state index contributed by atoms with van der Waals surface area (Å²) in [5, 5.41) is 5.00. The van der Waals surface area contributed by atoms with Crippen LogP contribution in [0.15, 0.2) is 23.6 Å². The molecule has 1 aromatic heterocycles. The number of methoxy groups -OCH3 is 2. The number of amides is 1. The summed E-state index contributed by atoms with van der Waals surface area (Å²) in [7, 11) is 3.21. The number of hydrogen-bond donors (Lipinski definition) is 1. The third kappa shape index (κ3) is 3.67. The van der Waals surface area contributed by atoms with Crippen molar-refractivity contribution < 1.29 is 14.3 Å². The highest BCUT2D eigenvalue weighted by atomic mass is 32.1. The molecule has 124 valence electrons. The number of nitrogens with one attached hydrogen (secondary N) is 1. The molecule has 5 heteroatoms. The molecule has 0 saturated carbocycles. The summed E-state index contributed by atoms with van der Waals surface area (Å²) >= 11 is 1.62. The lowest BCUT2D eigenvalue weighted by Crippen LogP contribution is -2.27. The third-order valence-electron chi connectivity index (χ3n) is 3.96. The molecule has 0 spiro atoms. The summed E-state index contributed by atoms with van der Waals surface area (Å²) in [4.78, 5) is 13.7. The molecule has 1 amide bonds. The zero-order valence-electron chi connectivity index (χ0n) is 14.2. The first kappa shape index (κ1) is 17.3. The second kappa shape index (κ2) is 7.51. The maximum absolute atomic E-state index is 12.5. The smallest absolute Gasteiger partial charge is 0.252 e. The number of hydrogen-bond acceptors (Lipinski definition) is 4. The molecule has 0 aliphatic carbocycles. The quantitative estimate of drug-likeness (QED) is 0.865. The van der Waals surface area contributed by atoms with Gasteiger partial charge in [0.2, 0.25) is 0 Å². The van der Waals surface area contributed by atoms with E-state index < -0.39 is 0 Å². The molecule has 0 unspecified atom stereocenters. The van der Waals surface area contributed by atoms with E-state index in [0.29, 0.717) is 11.5 Å². The van der Waals surface area contributed by atoms with E-state index in [2.05, 4.69) is 19.2 Å². The van der Waals surface area contributed by atoms with Crippen molar-refractivity contribution in [2.75, 3.05) is 14.2 Å². The Morgan fingerprint density at radius 3 is 2.57 bits per heavy atom. The van der Waals surface area contributed by atoms with Crippen LogP contribution in [0, 0.1) is 6.92 Å². The molecule has 23 heavy (non-hydrogen) atoms. The van der Waals surface area contributed by atoms with Crippen LogP contribution >= 0.6 is 11.3 Å². The monoisotopic (exact) mass is 333 g/mol. The zero-order valence-corrected chi connectivity index (χ0v) is 15.0. The van der Waals surface area contributed by atoms with Crippen molar-refractivity contribution in [2.24, 2.45) is 0 Å². The average Bonchev–Trinajstić information content (AvgIpc) is 2.94. The van der Waals surface area contributed by atoms with Crippen LogP contribution in [-0.2, 0) is 6.42 Å². The zero-order chi connectivity index (χ0) is 17.0. The number of thiophene rings is 1. The van der Waals surface area contributed by atoms with Crippen molar-refractivity contribution in [1.29, 1.82) is 0 Å². The minimum atomic E-state index is -0.118. The number of aryl methyl sites for hydroxylation is 1. The largest absolute Gasteiger partial charge is 0.493 e. The van der Waals surface area contributed by atoms with Gasteiger partial charge in [-0.25, -0.2) is 0 Å². The van der Waals surface area contributed by atoms with Crippen LogP contribution in [0.1, 0.15) is 46.3 Å². The van der Waals surface area contributed by atoms with Crippen molar-refractivity contribution in [3.05, 3.63) is 45.1 Å². The predicted octanol–water partition coefficient (Wildman–Crippen LogP) is 4.13. The van der Waals surface area contributed by atoms with Gasteiger partial charge in [0, 0.05) is 10.3 Å². The lowest BCUT2D eigenvalue weighted by Gasteiger charge is -2.17. The van der Waals surface area contributed by atoms with Crippen molar-refractivity contribution >= 4 is 17.2 Å². The van der Waals surface area contributed by atoms with Gasteiger partial charge in [-0.15, -0.1) is 11.3 Å². The van der Waals surface area contributed by atoms with Gasteiger partial charge in [-0.3, -0.25) is 4.79 Å². The lowest BCUT2D eigenvalue weighted by atomic mass is 10.1. The highest BCUT2D eigenvalue weighted by Gasteiger charge is 2.18. The minimum Gasteiger partial charge on any atom is -0.493 e. The van der Waals surface area contributed by atoms with E-state index in [9.17, 15) is 4.79 Å². The summed E-state index contributed by atoms with van der Waals surface area (Å²) in [6, 6.07) is 5.56. The van der Waals surface area contributed by atoms with Crippen LogP contribution in [0.3, 0.4) is 0 Å². The van der Waals surface area contributed by atoms with Crippen LogP contribution in [-0.4, -0.2) is 20.1 Å². The predicted molar refractivity (Wildman–Crippen MR) is 93.9 cm³/mol. The number of carbonyl (C=O) groups is 1. The molecule has 0 radical (unpaired) electrons. The van der Waals surface area contributed by atoms with Crippen molar-refractivity contribution in [3.8, 4) is 11.5 Å². The Hall–Kier alpha value is -2.01. The van der Waals surface area contributed by atoms with E-state index in [1.54, 1.807) is 25.6 Å². The van der Waals surface area contributed by atoms with E-state index in [0.717, 1.165) is 23.1 Å². The Morgan fingerprint density at radius 1 is 1.26 bits per heavy atom. The molecule has 1 aromatic carbocycles. The van der Waals surface area contributed by atoms with Gasteiger partial charge in [0.15, 0.2) is 11.5 Å². The van der Waals surface area contributed by atoms with Gasteiger partial charge in [0.1, 0.15) is 0 Å². The van der Waals surface area contributed by atoms with Gasteiger partial charge in [-0.1, -0.05) is 13.0 Å². The van der Waals surface area contributed by atoms with Gasteiger partial charge >= 0.3 is 0 Å². The fourth-order valence-corrected chi connectivity index (χ4v) is 3.53. The number of ether oxygens (including phenoxy) is 2. The van der Waals surface area contributed by atoms with Gasteiger partial charge in [0.25, 0.3) is 5.91 Å². The lowest BCUT2D eigenvalue weighted by molar-refractivity contribution is 0.0939. The van der Waals surface area contributed by atoms with Gasteiger partial charge in [-0.05, 0) is 43.5 Å². The van der Waals surface area contributed by atoms with Crippen molar-refractivity contribution in [1.82, 2.24) is 5.32 Å². The Bertz CT molecular complexity index is 694. The first-order valence-electron chi connectivity index (χ1n) is 7.61. The van der Waals surface area contributed by atoms with Crippen LogP contribution < -0.4 is 14.8 Å². The molecule has 0 saturated heterocycles. The Balaban J connectivity index is 2.18. The maximum atomic E-state index is 12.5. The second-order valence-electron chi connectivity index (χ2n) is 5.35. The topological polar surface area (TPSA) is 47.6 Å². The SMILES string of the molecule is CCc1c(C(=O)N[C@@H](C)c2ccc(OC)c(OC)c2)csc1C. The Kier molecular flexibility index (Phi) is 5.66. The summed E-state index contributed by atoms with van der Waals surface area (Å²) in [6.45, 7) is 6.09. The normalized spacial score (nSPS) is 11.9. The molecule has 0 bridgehead atoms. The van der Waals surface area contributed by atoms with Crippen molar-refractivity contribution in [3.63, 3.8) is 0 Å². The van der Waals surface area contributed by atoms with E-state index in [1.807, 2.05) is 30.5 Å². The fraction of sp³-hybridized carbons (Fsp3) is 0.389. The average molecular weight is 333 g/mol. The molecule has 1 N–H and O–H groups in total. The highest BCUT2D eigenvalue weighted by molar-refractivity contribution is 7.10. The Morgan fingerprint density at radius 2 is 1.96 bits per heavy atom. The molecule has 0 aliphatic heterocycles. The molecular formula is C18H23NO3S. The fourth-order valence-electron chi connectivity index (χ4n) is 2.59. The number of rotatable bonds is 6. The van der Waals surface area contributed by atoms with E-state index in [1.165, 1.54) is 4.88 Å². The van der Waals surface area contributed by atoms with Gasteiger partial charge in [-0.2, -0.15) is 0 Å². The van der Waals surface area contributed by atoms with Crippen LogP contribution in [0.2, 0.25) is 0 Å². The van der Waals surface area contributed by atoms with Crippen molar-refractivity contribution in [2.45, 2.75) is 33.2 Å². The molecule has 0 aliphatic rings. The number of carbonyl (C=O) groups excluding carboxylic acids is 1. The van der Waals surface area contributed by atoms with E-state index in [4.69, 9.17) is 9.47 Å². The summed E-state index contributed by atoms with van der Waals surface area (Å²) in [5.74, 6) is 1.30.